The SMILES string of the molecule is O=C(O)c1ccc(-c2cscc2C(F)(F)F)cc1. The van der Waals surface area contributed by atoms with Crippen LogP contribution in [0, 0.1) is 0 Å². The first-order valence-corrected chi connectivity index (χ1v) is 5.81. The summed E-state index contributed by atoms with van der Waals surface area (Å²) in [5.41, 5.74) is -0.226. The summed E-state index contributed by atoms with van der Waals surface area (Å²) in [4.78, 5) is 10.6. The third kappa shape index (κ3) is 2.38. The van der Waals surface area contributed by atoms with Crippen molar-refractivity contribution >= 4 is 17.3 Å². The van der Waals surface area contributed by atoms with Crippen LogP contribution in [0.4, 0.5) is 13.2 Å². The number of alkyl halides is 3. The molecule has 0 aliphatic heterocycles. The molecule has 0 fully saturated rings. The summed E-state index contributed by atoms with van der Waals surface area (Å²) in [5, 5.41) is 11.2. The molecule has 0 unspecified atom stereocenters. The Balaban J connectivity index is 2.44. The van der Waals surface area contributed by atoms with Gasteiger partial charge in [-0.1, -0.05) is 12.1 Å². The normalized spacial score (nSPS) is 11.5. The Morgan fingerprint density at radius 3 is 2.22 bits per heavy atom. The Morgan fingerprint density at radius 1 is 1.11 bits per heavy atom. The van der Waals surface area contributed by atoms with Crippen LogP contribution < -0.4 is 0 Å². The number of thiophene rings is 1. The molecule has 0 bridgehead atoms. The van der Waals surface area contributed by atoms with E-state index in [0.29, 0.717) is 5.56 Å². The van der Waals surface area contributed by atoms with Gasteiger partial charge < -0.3 is 5.11 Å². The second kappa shape index (κ2) is 4.45. The van der Waals surface area contributed by atoms with Crippen molar-refractivity contribution in [3.63, 3.8) is 0 Å². The van der Waals surface area contributed by atoms with Gasteiger partial charge in [-0.25, -0.2) is 4.79 Å². The Hall–Kier alpha value is -1.82. The van der Waals surface area contributed by atoms with Gasteiger partial charge in [0.1, 0.15) is 0 Å². The highest BCUT2D eigenvalue weighted by atomic mass is 32.1. The van der Waals surface area contributed by atoms with Crippen molar-refractivity contribution in [2.24, 2.45) is 0 Å². The van der Waals surface area contributed by atoms with E-state index in [1.165, 1.54) is 29.6 Å². The third-order valence-electron chi connectivity index (χ3n) is 2.41. The predicted molar refractivity (Wildman–Crippen MR) is 61.7 cm³/mol. The number of carboxylic acids is 1. The molecule has 0 saturated heterocycles. The molecule has 2 rings (SSSR count). The molecular weight excluding hydrogens is 265 g/mol. The zero-order valence-corrected chi connectivity index (χ0v) is 9.68. The molecule has 0 atom stereocenters. The number of halogens is 3. The van der Waals surface area contributed by atoms with Gasteiger partial charge in [-0.05, 0) is 23.1 Å². The van der Waals surface area contributed by atoms with Crippen LogP contribution in [0.2, 0.25) is 0 Å². The van der Waals surface area contributed by atoms with E-state index in [4.69, 9.17) is 5.11 Å². The molecule has 0 saturated carbocycles. The van der Waals surface area contributed by atoms with Crippen LogP contribution in [0.1, 0.15) is 15.9 Å². The summed E-state index contributed by atoms with van der Waals surface area (Å²) in [6, 6.07) is 5.33. The number of carboxylic acid groups (broad SMARTS) is 1. The van der Waals surface area contributed by atoms with E-state index in [2.05, 4.69) is 0 Å². The number of aromatic carboxylic acids is 1. The summed E-state index contributed by atoms with van der Waals surface area (Å²) in [5.74, 6) is -1.11. The van der Waals surface area contributed by atoms with Crippen LogP contribution in [-0.2, 0) is 6.18 Å². The topological polar surface area (TPSA) is 37.3 Å². The van der Waals surface area contributed by atoms with Crippen LogP contribution in [0.5, 0.6) is 0 Å². The van der Waals surface area contributed by atoms with E-state index in [-0.39, 0.29) is 11.1 Å². The fraction of sp³-hybridized carbons (Fsp3) is 0.0833. The maximum atomic E-state index is 12.7. The molecule has 0 spiro atoms. The average molecular weight is 272 g/mol. The van der Waals surface area contributed by atoms with Gasteiger partial charge in [0.25, 0.3) is 0 Å². The summed E-state index contributed by atoms with van der Waals surface area (Å²) in [7, 11) is 0. The molecule has 18 heavy (non-hydrogen) atoms. The maximum Gasteiger partial charge on any atom is 0.417 e. The predicted octanol–water partition coefficient (Wildman–Crippen LogP) is 4.13. The van der Waals surface area contributed by atoms with Gasteiger partial charge in [0, 0.05) is 10.9 Å². The van der Waals surface area contributed by atoms with Crippen molar-refractivity contribution in [2.45, 2.75) is 6.18 Å². The van der Waals surface area contributed by atoms with Crippen LogP contribution in [0.3, 0.4) is 0 Å². The summed E-state index contributed by atoms with van der Waals surface area (Å²) in [6.45, 7) is 0. The number of hydrogen-bond donors (Lipinski definition) is 1. The van der Waals surface area contributed by atoms with Gasteiger partial charge in [0.2, 0.25) is 0 Å². The van der Waals surface area contributed by atoms with Gasteiger partial charge in [-0.2, -0.15) is 24.5 Å². The van der Waals surface area contributed by atoms with Crippen molar-refractivity contribution in [2.75, 3.05) is 0 Å². The average Bonchev–Trinajstić information content (AvgIpc) is 2.77. The lowest BCUT2D eigenvalue weighted by molar-refractivity contribution is -0.136. The van der Waals surface area contributed by atoms with Gasteiger partial charge in [0.15, 0.2) is 0 Å². The van der Waals surface area contributed by atoms with E-state index < -0.39 is 17.7 Å². The lowest BCUT2D eigenvalue weighted by Gasteiger charge is -2.08. The van der Waals surface area contributed by atoms with Crippen molar-refractivity contribution in [1.82, 2.24) is 0 Å². The highest BCUT2D eigenvalue weighted by Gasteiger charge is 2.34. The fourth-order valence-electron chi connectivity index (χ4n) is 1.53. The third-order valence-corrected chi connectivity index (χ3v) is 3.15. The minimum Gasteiger partial charge on any atom is -0.478 e. The minimum absolute atomic E-state index is 0.0440. The van der Waals surface area contributed by atoms with E-state index in [9.17, 15) is 18.0 Å². The second-order valence-electron chi connectivity index (χ2n) is 3.58. The molecule has 2 aromatic rings. The highest BCUT2D eigenvalue weighted by molar-refractivity contribution is 7.08. The van der Waals surface area contributed by atoms with Gasteiger partial charge in [-0.15, -0.1) is 0 Å². The summed E-state index contributed by atoms with van der Waals surface area (Å²) in [6.07, 6.45) is -4.40. The quantitative estimate of drug-likeness (QED) is 0.892. The maximum absolute atomic E-state index is 12.7. The summed E-state index contributed by atoms with van der Waals surface area (Å²) >= 11 is 0.962. The minimum atomic E-state index is -4.40. The van der Waals surface area contributed by atoms with Crippen molar-refractivity contribution < 1.29 is 23.1 Å². The number of benzene rings is 1. The molecule has 1 aromatic carbocycles. The van der Waals surface area contributed by atoms with Crippen LogP contribution in [0.25, 0.3) is 11.1 Å². The highest BCUT2D eigenvalue weighted by Crippen LogP contribution is 2.39. The zero-order chi connectivity index (χ0) is 13.3. The number of rotatable bonds is 2. The summed E-state index contributed by atoms with van der Waals surface area (Å²) < 4.78 is 38.1. The van der Waals surface area contributed by atoms with Crippen molar-refractivity contribution in [3.8, 4) is 11.1 Å². The fourth-order valence-corrected chi connectivity index (χ4v) is 2.40. The molecule has 1 heterocycles. The lowest BCUT2D eigenvalue weighted by Crippen LogP contribution is -2.04. The van der Waals surface area contributed by atoms with E-state index in [0.717, 1.165) is 16.7 Å². The molecular formula is C12H7F3O2S. The van der Waals surface area contributed by atoms with E-state index in [1.807, 2.05) is 0 Å². The van der Waals surface area contributed by atoms with Crippen molar-refractivity contribution in [3.05, 3.63) is 46.2 Å². The Labute approximate surface area is 104 Å². The molecule has 0 aliphatic carbocycles. The molecule has 1 aromatic heterocycles. The van der Waals surface area contributed by atoms with Gasteiger partial charge in [-0.3, -0.25) is 0 Å². The molecule has 94 valence electrons. The second-order valence-corrected chi connectivity index (χ2v) is 4.32. The molecule has 0 radical (unpaired) electrons. The molecule has 0 amide bonds. The first kappa shape index (κ1) is 12.6. The van der Waals surface area contributed by atoms with E-state index >= 15 is 0 Å². The first-order chi connectivity index (χ1) is 8.39. The smallest absolute Gasteiger partial charge is 0.417 e. The monoisotopic (exact) mass is 272 g/mol. The zero-order valence-electron chi connectivity index (χ0n) is 8.86. The van der Waals surface area contributed by atoms with Gasteiger partial charge in [0.05, 0.1) is 11.1 Å². The molecule has 2 nitrogen and oxygen atoms in total. The lowest BCUT2D eigenvalue weighted by atomic mass is 10.0. The van der Waals surface area contributed by atoms with Gasteiger partial charge >= 0.3 is 12.1 Å². The Bertz CT molecular complexity index is 570. The standard InChI is InChI=1S/C12H7F3O2S/c13-12(14,15)10-6-18-5-9(10)7-1-3-8(4-2-7)11(16)17/h1-6H,(H,16,17). The molecule has 1 N–H and O–H groups in total. The largest absolute Gasteiger partial charge is 0.478 e. The number of carbonyl (C=O) groups is 1. The molecule has 0 aliphatic rings. The Kier molecular flexibility index (Phi) is 3.13. The van der Waals surface area contributed by atoms with Crippen molar-refractivity contribution in [1.29, 1.82) is 0 Å². The van der Waals surface area contributed by atoms with Crippen LogP contribution in [0.15, 0.2) is 35.0 Å². The van der Waals surface area contributed by atoms with E-state index in [1.54, 1.807) is 0 Å². The van der Waals surface area contributed by atoms with Crippen LogP contribution in [-0.4, -0.2) is 11.1 Å². The number of hydrogen-bond acceptors (Lipinski definition) is 2. The Morgan fingerprint density at radius 2 is 1.72 bits per heavy atom. The first-order valence-electron chi connectivity index (χ1n) is 4.86. The van der Waals surface area contributed by atoms with Crippen LogP contribution >= 0.6 is 11.3 Å². The molecule has 6 heteroatoms.